The number of hydrogen-bond acceptors (Lipinski definition) is 5. The molecule has 2 amide bonds. The van der Waals surface area contributed by atoms with E-state index in [0.29, 0.717) is 28.0 Å². The van der Waals surface area contributed by atoms with Gasteiger partial charge >= 0.3 is 0 Å². The van der Waals surface area contributed by atoms with Crippen molar-refractivity contribution in [3.8, 4) is 17.2 Å². The molecule has 0 aliphatic carbocycles. The van der Waals surface area contributed by atoms with E-state index in [9.17, 15) is 9.59 Å². The van der Waals surface area contributed by atoms with Gasteiger partial charge in [-0.25, -0.2) is 0 Å². The van der Waals surface area contributed by atoms with Crippen molar-refractivity contribution < 1.29 is 23.8 Å². The molecule has 8 heteroatoms. The van der Waals surface area contributed by atoms with Crippen LogP contribution in [0.15, 0.2) is 66.7 Å². The van der Waals surface area contributed by atoms with Crippen LogP contribution in [-0.2, 0) is 15.1 Å². The molecule has 0 radical (unpaired) electrons. The van der Waals surface area contributed by atoms with Crippen LogP contribution in [0.3, 0.4) is 0 Å². The van der Waals surface area contributed by atoms with Crippen LogP contribution in [0.4, 0.5) is 5.69 Å². The molecule has 0 unspecified atom stereocenters. The van der Waals surface area contributed by atoms with E-state index in [-0.39, 0.29) is 18.4 Å². The van der Waals surface area contributed by atoms with E-state index in [1.807, 2.05) is 30.3 Å². The Balaban J connectivity index is 1.73. The predicted octanol–water partition coefficient (Wildman–Crippen LogP) is 3.87. The number of halogens is 1. The fourth-order valence-corrected chi connectivity index (χ4v) is 4.99. The molecule has 0 aromatic heterocycles. The third kappa shape index (κ3) is 3.19. The number of likely N-dealkylation sites (N-methyl/N-ethyl adjacent to an activating group) is 1. The van der Waals surface area contributed by atoms with Crippen molar-refractivity contribution in [1.29, 1.82) is 0 Å². The van der Waals surface area contributed by atoms with Gasteiger partial charge in [-0.15, -0.1) is 0 Å². The van der Waals surface area contributed by atoms with Crippen molar-refractivity contribution in [2.75, 3.05) is 32.7 Å². The maximum absolute atomic E-state index is 13.5. The van der Waals surface area contributed by atoms with Crippen molar-refractivity contribution >= 4 is 29.1 Å². The number of carbonyl (C=O) groups is 2. The molecule has 0 saturated carbocycles. The number of nitrogens with zero attached hydrogens (tertiary/aromatic N) is 2. The summed E-state index contributed by atoms with van der Waals surface area (Å²) >= 11 is 6.44. The molecule has 34 heavy (non-hydrogen) atoms. The maximum atomic E-state index is 13.5. The number of benzene rings is 3. The standard InChI is InChI=1S/C26H23ClN2O5/c1-28-22-10-9-17(27)11-21(22)26(16-7-5-4-6-8-16)24(25(31)29(26)15-23(28)30)34-20-13-18(32-2)12-19(14-20)33-3/h4-14,24H,15H2,1-3H3/t24-,26+/m1/s1. The van der Waals surface area contributed by atoms with Gasteiger partial charge < -0.3 is 24.0 Å². The van der Waals surface area contributed by atoms with Crippen LogP contribution in [0.2, 0.25) is 5.02 Å². The SMILES string of the molecule is COc1cc(OC)cc(O[C@@H]2C(=O)N3CC(=O)N(C)c4ccc(Cl)cc4[C@@]23c2ccccc2)c1. The smallest absolute Gasteiger partial charge is 0.268 e. The van der Waals surface area contributed by atoms with Crippen LogP contribution in [0.25, 0.3) is 0 Å². The summed E-state index contributed by atoms with van der Waals surface area (Å²) in [7, 11) is 4.80. The van der Waals surface area contributed by atoms with Gasteiger partial charge in [-0.3, -0.25) is 9.59 Å². The topological polar surface area (TPSA) is 68.3 Å². The average molecular weight is 479 g/mol. The molecule has 1 fully saturated rings. The lowest BCUT2D eigenvalue weighted by Gasteiger charge is -2.56. The van der Waals surface area contributed by atoms with Gasteiger partial charge in [0, 0.05) is 41.5 Å². The van der Waals surface area contributed by atoms with Gasteiger partial charge in [0.2, 0.25) is 12.0 Å². The summed E-state index contributed by atoms with van der Waals surface area (Å²) in [4.78, 5) is 29.7. The molecule has 0 bridgehead atoms. The molecule has 3 aromatic carbocycles. The highest BCUT2D eigenvalue weighted by Gasteiger charge is 2.66. The molecule has 2 atom stereocenters. The molecule has 2 aliphatic rings. The quantitative estimate of drug-likeness (QED) is 0.521. The van der Waals surface area contributed by atoms with Crippen molar-refractivity contribution in [1.82, 2.24) is 4.90 Å². The molecular formula is C26H23ClN2O5. The van der Waals surface area contributed by atoms with E-state index >= 15 is 0 Å². The molecule has 0 N–H and O–H groups in total. The van der Waals surface area contributed by atoms with Crippen LogP contribution in [0, 0.1) is 0 Å². The van der Waals surface area contributed by atoms with Gasteiger partial charge in [0.15, 0.2) is 0 Å². The number of rotatable bonds is 5. The minimum absolute atomic E-state index is 0.0855. The Morgan fingerprint density at radius 3 is 2.21 bits per heavy atom. The first-order chi connectivity index (χ1) is 16.4. The molecule has 5 rings (SSSR count). The Hall–Kier alpha value is -3.71. The van der Waals surface area contributed by atoms with Crippen molar-refractivity contribution in [2.45, 2.75) is 11.6 Å². The highest BCUT2D eigenvalue weighted by atomic mass is 35.5. The molecule has 1 saturated heterocycles. The Kier molecular flexibility index (Phi) is 5.37. The molecule has 174 valence electrons. The Morgan fingerprint density at radius 2 is 1.56 bits per heavy atom. The first-order valence-electron chi connectivity index (χ1n) is 10.7. The summed E-state index contributed by atoms with van der Waals surface area (Å²) in [5.41, 5.74) is 1.15. The Morgan fingerprint density at radius 1 is 0.912 bits per heavy atom. The van der Waals surface area contributed by atoms with E-state index in [2.05, 4.69) is 0 Å². The largest absolute Gasteiger partial charge is 0.496 e. The zero-order valence-corrected chi connectivity index (χ0v) is 19.7. The minimum atomic E-state index is -1.06. The first kappa shape index (κ1) is 22.1. The zero-order valence-electron chi connectivity index (χ0n) is 18.9. The van der Waals surface area contributed by atoms with Crippen LogP contribution >= 0.6 is 11.6 Å². The van der Waals surface area contributed by atoms with Crippen LogP contribution < -0.4 is 19.1 Å². The lowest BCUT2D eigenvalue weighted by atomic mass is 9.69. The maximum Gasteiger partial charge on any atom is 0.268 e. The molecule has 0 spiro atoms. The van der Waals surface area contributed by atoms with E-state index < -0.39 is 11.6 Å². The average Bonchev–Trinajstić information content (AvgIpc) is 2.94. The number of ether oxygens (including phenoxy) is 3. The molecular weight excluding hydrogens is 456 g/mol. The summed E-state index contributed by atoms with van der Waals surface area (Å²) < 4.78 is 17.1. The number of fused-ring (bicyclic) bond motifs is 3. The summed E-state index contributed by atoms with van der Waals surface area (Å²) in [6.07, 6.45) is -0.941. The van der Waals surface area contributed by atoms with E-state index in [1.54, 1.807) is 67.5 Å². The minimum Gasteiger partial charge on any atom is -0.496 e. The van der Waals surface area contributed by atoms with E-state index in [1.165, 1.54) is 0 Å². The monoisotopic (exact) mass is 478 g/mol. The Bertz CT molecular complexity index is 1260. The second kappa shape index (κ2) is 8.25. The molecule has 2 heterocycles. The van der Waals surface area contributed by atoms with E-state index in [0.717, 1.165) is 11.1 Å². The van der Waals surface area contributed by atoms with Crippen molar-refractivity contribution in [3.63, 3.8) is 0 Å². The number of β-lactam (4-membered cyclic amide) rings is 1. The zero-order chi connectivity index (χ0) is 24.0. The third-order valence-corrected chi connectivity index (χ3v) is 6.72. The lowest BCUT2D eigenvalue weighted by Crippen LogP contribution is -2.74. The van der Waals surface area contributed by atoms with E-state index in [4.69, 9.17) is 25.8 Å². The fraction of sp³-hybridized carbons (Fsp3) is 0.231. The highest BCUT2D eigenvalue weighted by molar-refractivity contribution is 6.30. The van der Waals surface area contributed by atoms with Crippen LogP contribution in [0.1, 0.15) is 11.1 Å². The number of hydrogen-bond donors (Lipinski definition) is 0. The number of carbonyl (C=O) groups excluding carboxylic acids is 2. The normalized spacial score (nSPS) is 21.2. The summed E-state index contributed by atoms with van der Waals surface area (Å²) in [6.45, 7) is -0.0855. The Labute approximate surface area is 202 Å². The second-order valence-electron chi connectivity index (χ2n) is 8.22. The van der Waals surface area contributed by atoms with Crippen LogP contribution in [0.5, 0.6) is 17.2 Å². The number of methoxy groups -OCH3 is 2. The number of anilines is 1. The summed E-state index contributed by atoms with van der Waals surface area (Å²) in [6, 6.07) is 20.0. The van der Waals surface area contributed by atoms with Crippen molar-refractivity contribution in [2.24, 2.45) is 0 Å². The van der Waals surface area contributed by atoms with Gasteiger partial charge in [0.1, 0.15) is 29.3 Å². The van der Waals surface area contributed by atoms with Gasteiger partial charge in [-0.2, -0.15) is 0 Å². The van der Waals surface area contributed by atoms with Gasteiger partial charge in [-0.05, 0) is 23.8 Å². The predicted molar refractivity (Wildman–Crippen MR) is 128 cm³/mol. The second-order valence-corrected chi connectivity index (χ2v) is 8.65. The lowest BCUT2D eigenvalue weighted by molar-refractivity contribution is -0.177. The fourth-order valence-electron chi connectivity index (χ4n) is 4.82. The molecule has 7 nitrogen and oxygen atoms in total. The van der Waals surface area contributed by atoms with Gasteiger partial charge in [-0.1, -0.05) is 41.9 Å². The third-order valence-electron chi connectivity index (χ3n) is 6.49. The number of amides is 2. The summed E-state index contributed by atoms with van der Waals surface area (Å²) in [5, 5.41) is 0.498. The van der Waals surface area contributed by atoms with Gasteiger partial charge in [0.25, 0.3) is 5.91 Å². The first-order valence-corrected chi connectivity index (χ1v) is 11.1. The van der Waals surface area contributed by atoms with Crippen molar-refractivity contribution in [3.05, 3.63) is 82.9 Å². The van der Waals surface area contributed by atoms with Crippen LogP contribution in [-0.4, -0.2) is 50.6 Å². The molecule has 2 aliphatic heterocycles. The molecule has 3 aromatic rings. The highest BCUT2D eigenvalue weighted by Crippen LogP contribution is 2.53. The summed E-state index contributed by atoms with van der Waals surface area (Å²) in [5.74, 6) is 0.991. The van der Waals surface area contributed by atoms with Gasteiger partial charge in [0.05, 0.1) is 14.2 Å².